The lowest BCUT2D eigenvalue weighted by Gasteiger charge is -2.31. The summed E-state index contributed by atoms with van der Waals surface area (Å²) in [7, 11) is -3.78. The highest BCUT2D eigenvalue weighted by Crippen LogP contribution is 2.36. The number of amides is 1. The highest BCUT2D eigenvalue weighted by molar-refractivity contribution is 7.89. The van der Waals surface area contributed by atoms with Gasteiger partial charge in [0.2, 0.25) is 15.9 Å². The van der Waals surface area contributed by atoms with E-state index >= 15 is 0 Å². The number of benzene rings is 7. The number of aliphatic hydroxyl groups is 22. The Balaban J connectivity index is -0.00000142. The molecule has 0 heterocycles. The molecule has 33 nitrogen and oxygen atoms in total. The number of hydrogen-bond acceptors (Lipinski definition) is 31. The van der Waals surface area contributed by atoms with Crippen LogP contribution >= 0.6 is 0 Å². The Labute approximate surface area is 780 Å². The lowest BCUT2D eigenvalue weighted by atomic mass is 9.76. The fourth-order valence-electron chi connectivity index (χ4n) is 11.7. The standard InChI is InChI=1S/C15H16O2.C14H14O2.C13H26O5.C13H24O2.C11H16N2O5S.C10H15NO2.C8H10O2.C4H10O2.2C3H8O2.2C2H6O2/c1-15(2,11-3-7-13(16)8-4-11)12-5-9-14(17)10-6-12;15-9-11-1-5-13(6-2-11)14-7-3-12(10-16)4-8-14;14-9-5-1-3-7-11-17-13(16)18-12-8-4-2-6-10-15;14-12-5-1-10(2-6-12)9-11-3-7-13(15)8-4-11;1-11(6-14,7-15)10(16)13-8-2-4-9(5-3-8)19(12,17)18;12-8-6-11(7-9-13)10-4-2-1-3-5-10;9-5-7-1-2-8(6-10)4-3-7;5-3-1-2-4-6;1-3(5)2-4;4-2-1-3-5;2*3-1-2-4/h3-10,16-17H,1-2H3;1-8,15-16H,9-10H2;14-15H,1-12H2;10-15H,1-9H2;2-5,14-15H,6-7H2,1H3,(H,13,16)(H2,12,17,18);1-5,12-13H,6-9H2;1-4,9-10H,5-6H2;5-6H,1-4H2;3-5H,2H2,1H3;4-5H,1-3H2;2*3-4H,1-2H2. The number of aromatic hydroxyl groups is 2. The van der Waals surface area contributed by atoms with Crippen LogP contribution in [0.25, 0.3) is 11.1 Å². The molecule has 1 amide bonds. The SMILES string of the molecule is CC(C)(c1ccc(O)cc1)c1ccc(O)cc1.CC(CO)(CO)C(=O)Nc1ccc(S(N)(=O)=O)cc1.CC(O)CO.O=C(OCCCCCCO)OCCCCCCO.OC1CCC(CC2CCC(O)CC2)CC1.OCCCCO.OCCCO.OCCN(CCO)c1ccccc1.OCCO.OCCO.OCc1ccc(-c2ccc(CO)cc2)cc1.OCc1ccc(CO)cc1. The summed E-state index contributed by atoms with van der Waals surface area (Å²) in [4.78, 5) is 24.8. The van der Waals surface area contributed by atoms with Gasteiger partial charge in [-0.15, -0.1) is 0 Å². The molecule has 1 unspecified atom stereocenters. The highest BCUT2D eigenvalue weighted by Gasteiger charge is 2.32. The molecule has 0 spiro atoms. The first-order valence-corrected chi connectivity index (χ1v) is 46.3. The molecule has 7 aromatic rings. The number of nitrogens with one attached hydrogen (secondary N) is 1. The van der Waals surface area contributed by atoms with E-state index in [1.54, 1.807) is 48.5 Å². The molecule has 2 aliphatic carbocycles. The van der Waals surface area contributed by atoms with Crippen LogP contribution < -0.4 is 15.4 Å². The van der Waals surface area contributed by atoms with Crippen molar-refractivity contribution in [3.63, 3.8) is 0 Å². The number of carbonyl (C=O) groups is 2. The number of sulfonamides is 1. The Hall–Kier alpha value is -8.29. The van der Waals surface area contributed by atoms with Gasteiger partial charge >= 0.3 is 6.16 Å². The number of ether oxygens (including phenoxy) is 2. The zero-order valence-corrected chi connectivity index (χ0v) is 78.5. The van der Waals surface area contributed by atoms with Crippen LogP contribution in [0, 0.1) is 17.3 Å². The Morgan fingerprint density at radius 2 is 0.720 bits per heavy atom. The Morgan fingerprint density at radius 1 is 0.409 bits per heavy atom. The minimum absolute atomic E-state index is 0.0190. The van der Waals surface area contributed by atoms with Gasteiger partial charge in [-0.3, -0.25) is 4.79 Å². The number of nitrogens with two attached hydrogens (primary N) is 1. The zero-order chi connectivity index (χ0) is 99.7. The molecule has 0 bridgehead atoms. The molecule has 9 rings (SSSR count). The number of unbranched alkanes of at least 4 members (excludes halogenated alkanes) is 7. The third kappa shape index (κ3) is 65.4. The van der Waals surface area contributed by atoms with E-state index in [9.17, 15) is 38.4 Å². The second-order valence-corrected chi connectivity index (χ2v) is 33.0. The predicted octanol–water partition coefficient (Wildman–Crippen LogP) is 7.31. The summed E-state index contributed by atoms with van der Waals surface area (Å²) in [5.74, 6) is 1.69. The Kier molecular flexibility index (Phi) is 80.7. The van der Waals surface area contributed by atoms with Crippen LogP contribution in [0.1, 0.15) is 189 Å². The molecular weight excluding hydrogens is 1730 g/mol. The summed E-state index contributed by atoms with van der Waals surface area (Å²) < 4.78 is 31.9. The lowest BCUT2D eigenvalue weighted by Crippen LogP contribution is -2.39. The first-order valence-electron chi connectivity index (χ1n) is 44.8. The average Bonchev–Trinajstić information content (AvgIpc) is 0.801. The zero-order valence-electron chi connectivity index (χ0n) is 77.7. The van der Waals surface area contributed by atoms with Crippen LogP contribution in [0.3, 0.4) is 0 Å². The first-order chi connectivity index (χ1) is 63.3. The van der Waals surface area contributed by atoms with Crippen molar-refractivity contribution in [2.24, 2.45) is 22.4 Å². The van der Waals surface area contributed by atoms with Gasteiger partial charge in [-0.05, 0) is 246 Å². The van der Waals surface area contributed by atoms with Gasteiger partial charge < -0.3 is 142 Å². The molecule has 7 aromatic carbocycles. The Bertz CT molecular complexity index is 3690. The largest absolute Gasteiger partial charge is 0.508 e. The molecule has 0 radical (unpaired) electrons. The van der Waals surface area contributed by atoms with E-state index in [-0.39, 0.29) is 146 Å². The normalized spacial score (nSPS) is 14.2. The van der Waals surface area contributed by atoms with Crippen molar-refractivity contribution in [1.29, 1.82) is 0 Å². The number of rotatable bonds is 39. The van der Waals surface area contributed by atoms with Gasteiger partial charge in [-0.1, -0.05) is 142 Å². The van der Waals surface area contributed by atoms with Gasteiger partial charge in [0.05, 0.1) is 128 Å². The quantitative estimate of drug-likeness (QED) is 0.0133. The predicted molar refractivity (Wildman–Crippen MR) is 510 cm³/mol. The van der Waals surface area contributed by atoms with Gasteiger partial charge in [0.15, 0.2) is 0 Å². The van der Waals surface area contributed by atoms with E-state index in [4.69, 9.17) is 117 Å². The molecule has 132 heavy (non-hydrogen) atoms. The topological polar surface area (TPSA) is 614 Å². The molecule has 0 saturated heterocycles. The summed E-state index contributed by atoms with van der Waals surface area (Å²) in [5, 5.41) is 211. The third-order valence-electron chi connectivity index (χ3n) is 19.9. The molecule has 0 aliphatic heterocycles. The number of hydrogen-bond donors (Lipinski definition) is 26. The van der Waals surface area contributed by atoms with Crippen LogP contribution in [0.15, 0.2) is 181 Å². The van der Waals surface area contributed by atoms with Crippen LogP contribution in [-0.4, -0.2) is 287 Å². The summed E-state index contributed by atoms with van der Waals surface area (Å²) in [6, 6.07) is 52.2. The van der Waals surface area contributed by atoms with Crippen molar-refractivity contribution >= 4 is 33.5 Å². The summed E-state index contributed by atoms with van der Waals surface area (Å²) in [5.41, 5.74) is 7.96. The van der Waals surface area contributed by atoms with Crippen LogP contribution in [0.2, 0.25) is 0 Å². The number of primary sulfonamides is 1. The molecule has 2 fully saturated rings. The van der Waals surface area contributed by atoms with E-state index in [0.29, 0.717) is 38.4 Å². The highest BCUT2D eigenvalue weighted by atomic mass is 32.2. The maximum atomic E-state index is 11.8. The van der Waals surface area contributed by atoms with E-state index in [1.807, 2.05) is 108 Å². The van der Waals surface area contributed by atoms with Crippen molar-refractivity contribution in [3.05, 3.63) is 209 Å². The number of carbonyl (C=O) groups excluding carboxylic acids is 2. The summed E-state index contributed by atoms with van der Waals surface area (Å²) in [6.45, 7) is 8.90. The fourth-order valence-corrected chi connectivity index (χ4v) is 12.3. The average molecular weight is 1890 g/mol. The maximum Gasteiger partial charge on any atom is 0.508 e. The fraction of sp³-hybridized carbons (Fsp3) is 0.551. The monoisotopic (exact) mass is 1890 g/mol. The van der Waals surface area contributed by atoms with E-state index in [1.165, 1.54) is 70.2 Å². The lowest BCUT2D eigenvalue weighted by molar-refractivity contribution is -0.129. The second kappa shape index (κ2) is 83.3. The number of para-hydroxylation sites is 1. The second-order valence-electron chi connectivity index (χ2n) is 31.4. The van der Waals surface area contributed by atoms with E-state index in [0.717, 1.165) is 152 Å². The minimum atomic E-state index is -3.78. The van der Waals surface area contributed by atoms with Crippen molar-refractivity contribution < 1.29 is 150 Å². The first kappa shape index (κ1) is 128. The molecule has 34 heteroatoms. The molecule has 1 atom stereocenters. The smallest absolute Gasteiger partial charge is 0.508 e. The molecule has 2 aliphatic rings. The maximum absolute atomic E-state index is 11.8. The van der Waals surface area contributed by atoms with Gasteiger partial charge in [-0.25, -0.2) is 18.4 Å². The summed E-state index contributed by atoms with van der Waals surface area (Å²) in [6.07, 6.45) is 18.1. The van der Waals surface area contributed by atoms with Crippen LogP contribution in [-0.2, 0) is 56.1 Å². The van der Waals surface area contributed by atoms with Gasteiger partial charge in [0.1, 0.15) is 11.5 Å². The van der Waals surface area contributed by atoms with Gasteiger partial charge in [-0.2, -0.15) is 0 Å². The van der Waals surface area contributed by atoms with Crippen molar-refractivity contribution in [2.45, 2.75) is 211 Å². The van der Waals surface area contributed by atoms with Crippen LogP contribution in [0.4, 0.5) is 16.2 Å². The number of phenols is 2. The van der Waals surface area contributed by atoms with Gasteiger partial charge in [0, 0.05) is 69.5 Å². The Morgan fingerprint density at radius 3 is 0.992 bits per heavy atom. The third-order valence-corrected chi connectivity index (χ3v) is 20.8. The molecule has 2 saturated carbocycles. The molecule has 752 valence electrons. The van der Waals surface area contributed by atoms with Crippen molar-refractivity contribution in [2.75, 3.05) is 136 Å². The van der Waals surface area contributed by atoms with Gasteiger partial charge in [0.25, 0.3) is 0 Å². The number of anilines is 2. The van der Waals surface area contributed by atoms with E-state index < -0.39 is 46.8 Å². The molecule has 0 aromatic heterocycles. The molecular formula is C98H159N3O30S. The van der Waals surface area contributed by atoms with Crippen LogP contribution in [0.5, 0.6) is 11.5 Å². The summed E-state index contributed by atoms with van der Waals surface area (Å²) >= 11 is 0. The van der Waals surface area contributed by atoms with Crippen molar-refractivity contribution in [1.82, 2.24) is 0 Å². The van der Waals surface area contributed by atoms with Crippen molar-refractivity contribution in [3.8, 4) is 22.6 Å². The molecule has 27 N–H and O–H groups in total. The number of phenolic OH excluding ortho intramolecular Hbond substituents is 2. The van der Waals surface area contributed by atoms with E-state index in [2.05, 4.69) is 19.2 Å². The number of aliphatic hydroxyl groups excluding tert-OH is 22. The number of nitrogens with zero attached hydrogens (tertiary/aromatic N) is 1. The minimum Gasteiger partial charge on any atom is -0.508 e.